The molecule has 1 N–H and O–H groups in total. The summed E-state index contributed by atoms with van der Waals surface area (Å²) in [5.41, 5.74) is 0.644. The van der Waals surface area contributed by atoms with E-state index in [1.54, 1.807) is 0 Å². The summed E-state index contributed by atoms with van der Waals surface area (Å²) >= 11 is 0. The van der Waals surface area contributed by atoms with Crippen LogP contribution in [0.2, 0.25) is 0 Å². The van der Waals surface area contributed by atoms with Crippen molar-refractivity contribution in [2.75, 3.05) is 20.1 Å². The molecular weight excluding hydrogens is 208 g/mol. The molecule has 1 atom stereocenters. The van der Waals surface area contributed by atoms with Crippen molar-refractivity contribution in [2.24, 2.45) is 5.41 Å². The van der Waals surface area contributed by atoms with Crippen LogP contribution in [0.4, 0.5) is 0 Å². The predicted molar refractivity (Wildman–Crippen MR) is 76.4 cm³/mol. The normalized spacial score (nSPS) is 24.0. The molecule has 102 valence electrons. The third-order valence-corrected chi connectivity index (χ3v) is 3.71. The minimum atomic E-state index is 0.247. The van der Waals surface area contributed by atoms with Crippen LogP contribution >= 0.6 is 0 Å². The van der Waals surface area contributed by atoms with E-state index < -0.39 is 0 Å². The number of rotatable bonds is 4. The van der Waals surface area contributed by atoms with E-state index >= 15 is 0 Å². The molecule has 0 aromatic rings. The van der Waals surface area contributed by atoms with Crippen molar-refractivity contribution in [2.45, 2.75) is 71.9 Å². The van der Waals surface area contributed by atoms with Gasteiger partial charge in [0.25, 0.3) is 0 Å². The molecule has 2 heteroatoms. The van der Waals surface area contributed by atoms with Gasteiger partial charge in [-0.3, -0.25) is 0 Å². The maximum absolute atomic E-state index is 3.77. The molecule has 17 heavy (non-hydrogen) atoms. The zero-order valence-corrected chi connectivity index (χ0v) is 12.8. The molecule has 0 saturated carbocycles. The number of piperidine rings is 1. The Morgan fingerprint density at radius 3 is 2.29 bits per heavy atom. The van der Waals surface area contributed by atoms with Crippen LogP contribution in [-0.4, -0.2) is 36.6 Å². The van der Waals surface area contributed by atoms with Gasteiger partial charge in [0.15, 0.2) is 0 Å². The highest BCUT2D eigenvalue weighted by Crippen LogP contribution is 2.27. The first-order valence-electron chi connectivity index (χ1n) is 7.15. The Kier molecular flexibility index (Phi) is 5.03. The van der Waals surface area contributed by atoms with Crippen LogP contribution in [-0.2, 0) is 0 Å². The van der Waals surface area contributed by atoms with Gasteiger partial charge in [0.2, 0.25) is 0 Å². The molecule has 1 heterocycles. The Morgan fingerprint density at radius 1 is 1.12 bits per heavy atom. The molecule has 0 aromatic carbocycles. The average molecular weight is 240 g/mol. The van der Waals surface area contributed by atoms with E-state index in [-0.39, 0.29) is 5.54 Å². The van der Waals surface area contributed by atoms with Crippen molar-refractivity contribution in [3.63, 3.8) is 0 Å². The third kappa shape index (κ3) is 5.87. The van der Waals surface area contributed by atoms with Crippen LogP contribution < -0.4 is 5.32 Å². The Balaban J connectivity index is 2.37. The quantitative estimate of drug-likeness (QED) is 0.811. The summed E-state index contributed by atoms with van der Waals surface area (Å²) in [5, 5.41) is 3.77. The summed E-state index contributed by atoms with van der Waals surface area (Å²) in [4.78, 5) is 2.52. The number of likely N-dealkylation sites (tertiary alicyclic amines) is 1. The van der Waals surface area contributed by atoms with Crippen molar-refractivity contribution in [1.29, 1.82) is 0 Å². The van der Waals surface area contributed by atoms with Gasteiger partial charge >= 0.3 is 0 Å². The average Bonchev–Trinajstić information content (AvgIpc) is 2.13. The first kappa shape index (κ1) is 15.0. The molecule has 1 unspecified atom stereocenters. The lowest BCUT2D eigenvalue weighted by Crippen LogP contribution is -2.50. The Morgan fingerprint density at radius 2 is 1.76 bits per heavy atom. The number of hydrogen-bond donors (Lipinski definition) is 1. The SMILES string of the molecule is CN1CCCCC1CNC(C)(C)CC(C)(C)C. The minimum Gasteiger partial charge on any atom is -0.310 e. The molecule has 0 spiro atoms. The molecule has 1 rings (SSSR count). The highest BCUT2D eigenvalue weighted by molar-refractivity contribution is 4.86. The maximum Gasteiger partial charge on any atom is 0.0217 e. The molecule has 1 aliphatic rings. The van der Waals surface area contributed by atoms with Gasteiger partial charge < -0.3 is 10.2 Å². The lowest BCUT2D eigenvalue weighted by Gasteiger charge is -2.38. The van der Waals surface area contributed by atoms with Crippen molar-refractivity contribution in [3.8, 4) is 0 Å². The van der Waals surface area contributed by atoms with Gasteiger partial charge in [-0.1, -0.05) is 27.2 Å². The monoisotopic (exact) mass is 240 g/mol. The molecule has 1 fully saturated rings. The Bertz CT molecular complexity index is 228. The summed E-state index contributed by atoms with van der Waals surface area (Å²) in [7, 11) is 2.27. The summed E-state index contributed by atoms with van der Waals surface area (Å²) in [6, 6.07) is 0.739. The summed E-state index contributed by atoms with van der Waals surface area (Å²) in [6.07, 6.45) is 5.35. The zero-order valence-electron chi connectivity index (χ0n) is 12.8. The molecule has 1 saturated heterocycles. The molecule has 2 nitrogen and oxygen atoms in total. The van der Waals surface area contributed by atoms with Crippen LogP contribution in [0, 0.1) is 5.41 Å². The van der Waals surface area contributed by atoms with Gasteiger partial charge in [-0.2, -0.15) is 0 Å². The highest BCUT2D eigenvalue weighted by atomic mass is 15.2. The van der Waals surface area contributed by atoms with E-state index in [9.17, 15) is 0 Å². The van der Waals surface area contributed by atoms with E-state index in [0.717, 1.165) is 12.6 Å². The first-order chi connectivity index (χ1) is 7.70. The fourth-order valence-corrected chi connectivity index (χ4v) is 3.18. The third-order valence-electron chi connectivity index (χ3n) is 3.71. The fourth-order valence-electron chi connectivity index (χ4n) is 3.18. The van der Waals surface area contributed by atoms with Gasteiger partial charge in [0.1, 0.15) is 0 Å². The second kappa shape index (κ2) is 5.71. The van der Waals surface area contributed by atoms with Crippen molar-refractivity contribution < 1.29 is 0 Å². The van der Waals surface area contributed by atoms with Crippen LogP contribution in [0.5, 0.6) is 0 Å². The molecular formula is C15H32N2. The highest BCUT2D eigenvalue weighted by Gasteiger charge is 2.27. The molecule has 1 aliphatic heterocycles. The largest absolute Gasteiger partial charge is 0.310 e. The number of hydrogen-bond acceptors (Lipinski definition) is 2. The molecule has 0 aliphatic carbocycles. The van der Waals surface area contributed by atoms with Gasteiger partial charge in [-0.05, 0) is 52.1 Å². The van der Waals surface area contributed by atoms with Crippen molar-refractivity contribution >= 4 is 0 Å². The summed E-state index contributed by atoms with van der Waals surface area (Å²) in [6.45, 7) is 14.0. The van der Waals surface area contributed by atoms with Crippen LogP contribution in [0.25, 0.3) is 0 Å². The van der Waals surface area contributed by atoms with Gasteiger partial charge in [0.05, 0.1) is 0 Å². The molecule has 0 aromatic heterocycles. The lowest BCUT2D eigenvalue weighted by atomic mass is 9.81. The number of likely N-dealkylation sites (N-methyl/N-ethyl adjacent to an activating group) is 1. The van der Waals surface area contributed by atoms with Gasteiger partial charge in [0, 0.05) is 18.1 Å². The fraction of sp³-hybridized carbons (Fsp3) is 1.00. The van der Waals surface area contributed by atoms with Crippen molar-refractivity contribution in [3.05, 3.63) is 0 Å². The molecule has 0 amide bonds. The topological polar surface area (TPSA) is 15.3 Å². The predicted octanol–water partition coefficient (Wildman–Crippen LogP) is 3.28. The van der Waals surface area contributed by atoms with E-state index in [1.165, 1.54) is 32.2 Å². The number of nitrogens with zero attached hydrogens (tertiary/aromatic N) is 1. The van der Waals surface area contributed by atoms with Crippen LogP contribution in [0.1, 0.15) is 60.3 Å². The van der Waals surface area contributed by atoms with E-state index in [4.69, 9.17) is 0 Å². The zero-order chi connectivity index (χ0) is 13.1. The molecule has 0 bridgehead atoms. The molecule has 0 radical (unpaired) electrons. The maximum atomic E-state index is 3.77. The minimum absolute atomic E-state index is 0.247. The standard InChI is InChI=1S/C15H32N2/c1-14(2,3)12-15(4,5)16-11-13-9-7-8-10-17(13)6/h13,16H,7-12H2,1-6H3. The van der Waals surface area contributed by atoms with E-state index in [2.05, 4.69) is 51.9 Å². The Hall–Kier alpha value is -0.0800. The second-order valence-corrected chi connectivity index (χ2v) is 7.63. The van der Waals surface area contributed by atoms with Crippen molar-refractivity contribution in [1.82, 2.24) is 10.2 Å². The Labute approximate surface area is 108 Å². The van der Waals surface area contributed by atoms with Gasteiger partial charge in [-0.25, -0.2) is 0 Å². The van der Waals surface area contributed by atoms with E-state index in [0.29, 0.717) is 5.41 Å². The second-order valence-electron chi connectivity index (χ2n) is 7.63. The lowest BCUT2D eigenvalue weighted by molar-refractivity contribution is 0.159. The van der Waals surface area contributed by atoms with E-state index in [1.807, 2.05) is 0 Å². The summed E-state index contributed by atoms with van der Waals surface area (Å²) < 4.78 is 0. The van der Waals surface area contributed by atoms with Crippen LogP contribution in [0.15, 0.2) is 0 Å². The number of nitrogens with one attached hydrogen (secondary N) is 1. The van der Waals surface area contributed by atoms with Gasteiger partial charge in [-0.15, -0.1) is 0 Å². The smallest absolute Gasteiger partial charge is 0.0217 e. The summed E-state index contributed by atoms with van der Waals surface area (Å²) in [5.74, 6) is 0. The van der Waals surface area contributed by atoms with Crippen LogP contribution in [0.3, 0.4) is 0 Å². The first-order valence-corrected chi connectivity index (χ1v) is 7.15.